The van der Waals surface area contributed by atoms with Crippen molar-refractivity contribution >= 4 is 17.9 Å². The van der Waals surface area contributed by atoms with Crippen LogP contribution in [0.25, 0.3) is 0 Å². The summed E-state index contributed by atoms with van der Waals surface area (Å²) in [5.41, 5.74) is 0.155. The van der Waals surface area contributed by atoms with E-state index < -0.39 is 37.2 Å². The van der Waals surface area contributed by atoms with E-state index in [0.29, 0.717) is 12.4 Å². The number of carbonyl (C=O) groups excluding carboxylic acids is 3. The highest BCUT2D eigenvalue weighted by Gasteiger charge is 2.28. The molecule has 1 aromatic rings. The highest BCUT2D eigenvalue weighted by Crippen LogP contribution is 2.13. The lowest BCUT2D eigenvalue weighted by molar-refractivity contribution is -0.125. The maximum Gasteiger partial charge on any atom is 0.405 e. The number of carbonyl (C=O) groups is 3. The summed E-state index contributed by atoms with van der Waals surface area (Å²) in [6.45, 7) is 0.182. The molecule has 144 valence electrons. The molecule has 0 aliphatic rings. The van der Waals surface area contributed by atoms with E-state index in [-0.39, 0.29) is 5.56 Å². The number of esters is 1. The van der Waals surface area contributed by atoms with E-state index in [4.69, 9.17) is 4.74 Å². The molecule has 0 radical (unpaired) electrons. The minimum absolute atomic E-state index is 0.155. The second kappa shape index (κ2) is 10.3. The van der Waals surface area contributed by atoms with E-state index in [9.17, 15) is 27.6 Å². The van der Waals surface area contributed by atoms with Crippen molar-refractivity contribution in [2.45, 2.75) is 25.9 Å². The van der Waals surface area contributed by atoms with Crippen LogP contribution in [0, 0.1) is 0 Å². The molecule has 0 bridgehead atoms. The van der Waals surface area contributed by atoms with Crippen LogP contribution >= 0.6 is 0 Å². The summed E-state index contributed by atoms with van der Waals surface area (Å²) >= 11 is 0. The molecule has 0 aromatic heterocycles. The topological polar surface area (TPSA) is 93.7 Å². The molecular formula is C16H19F3N2O5. The molecule has 7 nitrogen and oxygen atoms in total. The van der Waals surface area contributed by atoms with Crippen molar-refractivity contribution in [2.24, 2.45) is 0 Å². The highest BCUT2D eigenvalue weighted by molar-refractivity contribution is 5.97. The molecular weight excluding hydrogens is 357 g/mol. The summed E-state index contributed by atoms with van der Waals surface area (Å²) in [5.74, 6) is -1.30. The van der Waals surface area contributed by atoms with E-state index in [1.54, 1.807) is 17.4 Å². The van der Waals surface area contributed by atoms with Gasteiger partial charge in [-0.3, -0.25) is 10.1 Å². The Bertz CT molecular complexity index is 617. The van der Waals surface area contributed by atoms with Crippen LogP contribution < -0.4 is 15.4 Å². The van der Waals surface area contributed by atoms with Crippen LogP contribution in [0.3, 0.4) is 0 Å². The Morgan fingerprint density at radius 3 is 2.35 bits per heavy atom. The number of amides is 3. The summed E-state index contributed by atoms with van der Waals surface area (Å²) in [6, 6.07) is 4.68. The van der Waals surface area contributed by atoms with Gasteiger partial charge in [-0.1, -0.05) is 13.3 Å². The maximum absolute atomic E-state index is 11.9. The van der Waals surface area contributed by atoms with Crippen LogP contribution in [-0.4, -0.2) is 43.8 Å². The number of nitrogens with one attached hydrogen (secondary N) is 2. The first-order chi connectivity index (χ1) is 12.2. The number of benzene rings is 1. The quantitative estimate of drug-likeness (QED) is 0.537. The maximum atomic E-state index is 11.9. The van der Waals surface area contributed by atoms with Crippen LogP contribution in [0.15, 0.2) is 24.3 Å². The Morgan fingerprint density at radius 1 is 1.12 bits per heavy atom. The highest BCUT2D eigenvalue weighted by atomic mass is 19.4. The molecule has 0 fully saturated rings. The molecule has 2 N–H and O–H groups in total. The molecule has 0 aliphatic carbocycles. The second-order valence-corrected chi connectivity index (χ2v) is 5.15. The van der Waals surface area contributed by atoms with Crippen LogP contribution in [0.5, 0.6) is 5.75 Å². The van der Waals surface area contributed by atoms with Crippen LogP contribution in [0.4, 0.5) is 18.0 Å². The fraction of sp³-hybridized carbons (Fsp3) is 0.438. The molecule has 26 heavy (non-hydrogen) atoms. The summed E-state index contributed by atoms with van der Waals surface area (Å²) in [7, 11) is 0. The summed E-state index contributed by atoms with van der Waals surface area (Å²) < 4.78 is 45.8. The molecule has 0 heterocycles. The lowest BCUT2D eigenvalue weighted by Gasteiger charge is -2.09. The number of ether oxygens (including phenoxy) is 2. The van der Waals surface area contributed by atoms with E-state index in [1.165, 1.54) is 17.4 Å². The first kappa shape index (κ1) is 21.3. The van der Waals surface area contributed by atoms with Crippen molar-refractivity contribution in [3.63, 3.8) is 0 Å². The summed E-state index contributed by atoms with van der Waals surface area (Å²) in [4.78, 5) is 34.2. The van der Waals surface area contributed by atoms with Crippen molar-refractivity contribution in [1.29, 1.82) is 0 Å². The van der Waals surface area contributed by atoms with Gasteiger partial charge < -0.3 is 14.8 Å². The molecule has 0 atom stereocenters. The predicted octanol–water partition coefficient (Wildman–Crippen LogP) is 2.41. The van der Waals surface area contributed by atoms with Gasteiger partial charge in [-0.05, 0) is 30.7 Å². The Labute approximate surface area is 147 Å². The zero-order valence-electron chi connectivity index (χ0n) is 14.0. The smallest absolute Gasteiger partial charge is 0.405 e. The third-order valence-electron chi connectivity index (χ3n) is 2.89. The number of imide groups is 1. The molecule has 0 spiro atoms. The lowest BCUT2D eigenvalue weighted by Crippen LogP contribution is -2.44. The minimum Gasteiger partial charge on any atom is -0.494 e. The van der Waals surface area contributed by atoms with Gasteiger partial charge >= 0.3 is 18.2 Å². The minimum atomic E-state index is -4.60. The summed E-state index contributed by atoms with van der Waals surface area (Å²) in [6.07, 6.45) is -2.71. The zero-order valence-corrected chi connectivity index (χ0v) is 14.0. The average Bonchev–Trinajstić information content (AvgIpc) is 2.58. The van der Waals surface area contributed by atoms with E-state index >= 15 is 0 Å². The van der Waals surface area contributed by atoms with Crippen LogP contribution in [0.1, 0.15) is 30.1 Å². The Hall–Kier alpha value is -2.78. The van der Waals surface area contributed by atoms with Gasteiger partial charge in [0.15, 0.2) is 6.61 Å². The average molecular weight is 376 g/mol. The monoisotopic (exact) mass is 376 g/mol. The van der Waals surface area contributed by atoms with Crippen molar-refractivity contribution in [1.82, 2.24) is 10.6 Å². The number of urea groups is 1. The first-order valence-corrected chi connectivity index (χ1v) is 7.75. The fourth-order valence-corrected chi connectivity index (χ4v) is 1.62. The van der Waals surface area contributed by atoms with Crippen molar-refractivity contribution in [3.05, 3.63) is 29.8 Å². The molecule has 1 rings (SSSR count). The van der Waals surface area contributed by atoms with Gasteiger partial charge in [-0.15, -0.1) is 0 Å². The SMILES string of the molecule is CCCCOc1ccc(C(=O)OCC(=O)NC(=O)NCC(F)(F)F)cc1. The number of rotatable bonds is 8. The van der Waals surface area contributed by atoms with E-state index in [0.717, 1.165) is 12.8 Å². The van der Waals surface area contributed by atoms with Crippen LogP contribution in [0.2, 0.25) is 0 Å². The number of hydrogen-bond acceptors (Lipinski definition) is 5. The van der Waals surface area contributed by atoms with Gasteiger partial charge in [0.25, 0.3) is 5.91 Å². The number of unbranched alkanes of at least 4 members (excludes halogenated alkanes) is 1. The predicted molar refractivity (Wildman–Crippen MR) is 84.7 cm³/mol. The molecule has 10 heteroatoms. The Kier molecular flexibility index (Phi) is 8.40. The number of alkyl halides is 3. The zero-order chi connectivity index (χ0) is 19.6. The van der Waals surface area contributed by atoms with Gasteiger partial charge in [-0.25, -0.2) is 9.59 Å². The molecule has 3 amide bonds. The largest absolute Gasteiger partial charge is 0.494 e. The number of halogens is 3. The standard InChI is InChI=1S/C16H19F3N2O5/c1-2-3-8-25-12-6-4-11(5-7-12)14(23)26-9-13(22)21-15(24)20-10-16(17,18)19/h4-7H,2-3,8-10H2,1H3,(H2,20,21,22,24). The van der Waals surface area contributed by atoms with Gasteiger partial charge in [-0.2, -0.15) is 13.2 Å². The van der Waals surface area contributed by atoms with Gasteiger partial charge in [0.2, 0.25) is 0 Å². The Balaban J connectivity index is 2.36. The van der Waals surface area contributed by atoms with Crippen molar-refractivity contribution < 1.29 is 37.0 Å². The van der Waals surface area contributed by atoms with Gasteiger partial charge in [0.05, 0.1) is 12.2 Å². The molecule has 0 unspecified atom stereocenters. The third kappa shape index (κ3) is 8.90. The van der Waals surface area contributed by atoms with Crippen molar-refractivity contribution in [2.75, 3.05) is 19.8 Å². The van der Waals surface area contributed by atoms with Crippen molar-refractivity contribution in [3.8, 4) is 5.75 Å². The molecule has 0 saturated carbocycles. The Morgan fingerprint density at radius 2 is 1.77 bits per heavy atom. The summed E-state index contributed by atoms with van der Waals surface area (Å²) in [5, 5.41) is 3.06. The van der Waals surface area contributed by atoms with E-state index in [1.807, 2.05) is 6.92 Å². The van der Waals surface area contributed by atoms with E-state index in [2.05, 4.69) is 4.74 Å². The fourth-order valence-electron chi connectivity index (χ4n) is 1.62. The third-order valence-corrected chi connectivity index (χ3v) is 2.89. The second-order valence-electron chi connectivity index (χ2n) is 5.15. The van der Waals surface area contributed by atoms with Gasteiger partial charge in [0.1, 0.15) is 12.3 Å². The lowest BCUT2D eigenvalue weighted by atomic mass is 10.2. The number of hydrogen-bond donors (Lipinski definition) is 2. The molecule has 1 aromatic carbocycles. The molecule has 0 saturated heterocycles. The molecule has 0 aliphatic heterocycles. The van der Waals surface area contributed by atoms with Gasteiger partial charge in [0, 0.05) is 0 Å². The first-order valence-electron chi connectivity index (χ1n) is 7.75. The normalized spacial score (nSPS) is 10.8. The van der Waals surface area contributed by atoms with Crippen LogP contribution in [-0.2, 0) is 9.53 Å².